The van der Waals surface area contributed by atoms with Crippen molar-refractivity contribution in [2.24, 2.45) is 0 Å². The molecule has 92 valence electrons. The number of nitrogens with zero attached hydrogens (tertiary/aromatic N) is 1. The fourth-order valence-corrected chi connectivity index (χ4v) is 2.53. The van der Waals surface area contributed by atoms with Gasteiger partial charge in [0.2, 0.25) is 0 Å². The first-order chi connectivity index (χ1) is 8.00. The average molecular weight is 233 g/mol. The Labute approximate surface area is 102 Å². The Kier molecular flexibility index (Phi) is 3.20. The summed E-state index contributed by atoms with van der Waals surface area (Å²) in [4.78, 5) is 13.5. The van der Waals surface area contributed by atoms with Gasteiger partial charge in [-0.2, -0.15) is 0 Å². The standard InChI is InChI=1S/C14H19NO2/c1-14(2)8-5-9-15(14)10-11-6-3-4-7-12(11)13(16)17/h3-4,6-7H,5,8-10H2,1-2H3,(H,16,17). The average Bonchev–Trinajstić information content (AvgIpc) is 2.59. The highest BCUT2D eigenvalue weighted by Gasteiger charge is 2.32. The molecule has 0 saturated carbocycles. The fourth-order valence-electron chi connectivity index (χ4n) is 2.53. The van der Waals surface area contributed by atoms with Gasteiger partial charge >= 0.3 is 5.97 Å². The second kappa shape index (κ2) is 4.49. The maximum Gasteiger partial charge on any atom is 0.336 e. The van der Waals surface area contributed by atoms with Gasteiger partial charge in [-0.3, -0.25) is 4.90 Å². The van der Waals surface area contributed by atoms with Crippen molar-refractivity contribution in [1.82, 2.24) is 4.90 Å². The molecular weight excluding hydrogens is 214 g/mol. The van der Waals surface area contributed by atoms with Crippen molar-refractivity contribution in [2.75, 3.05) is 6.54 Å². The molecule has 1 aliphatic heterocycles. The van der Waals surface area contributed by atoms with E-state index in [4.69, 9.17) is 5.11 Å². The summed E-state index contributed by atoms with van der Waals surface area (Å²) >= 11 is 0. The van der Waals surface area contributed by atoms with E-state index in [1.54, 1.807) is 12.1 Å². The largest absolute Gasteiger partial charge is 0.478 e. The quantitative estimate of drug-likeness (QED) is 0.872. The van der Waals surface area contributed by atoms with Crippen LogP contribution in [0.1, 0.15) is 42.6 Å². The summed E-state index contributed by atoms with van der Waals surface area (Å²) in [5, 5.41) is 9.15. The smallest absolute Gasteiger partial charge is 0.336 e. The predicted molar refractivity (Wildman–Crippen MR) is 67.1 cm³/mol. The molecule has 0 radical (unpaired) electrons. The number of carboxylic acids is 1. The van der Waals surface area contributed by atoms with Crippen LogP contribution in [0, 0.1) is 0 Å². The van der Waals surface area contributed by atoms with Crippen molar-refractivity contribution in [3.8, 4) is 0 Å². The van der Waals surface area contributed by atoms with Gasteiger partial charge in [-0.15, -0.1) is 0 Å². The topological polar surface area (TPSA) is 40.5 Å². The van der Waals surface area contributed by atoms with Crippen molar-refractivity contribution in [3.63, 3.8) is 0 Å². The van der Waals surface area contributed by atoms with E-state index in [0.29, 0.717) is 5.56 Å². The Morgan fingerprint density at radius 2 is 2.12 bits per heavy atom. The van der Waals surface area contributed by atoms with E-state index in [0.717, 1.165) is 18.7 Å². The van der Waals surface area contributed by atoms with Crippen LogP contribution in [0.5, 0.6) is 0 Å². The van der Waals surface area contributed by atoms with Crippen LogP contribution in [0.15, 0.2) is 24.3 Å². The third-order valence-electron chi connectivity index (χ3n) is 3.68. The summed E-state index contributed by atoms with van der Waals surface area (Å²) in [6.07, 6.45) is 2.38. The Morgan fingerprint density at radius 3 is 2.71 bits per heavy atom. The number of benzene rings is 1. The molecule has 1 aromatic carbocycles. The van der Waals surface area contributed by atoms with Crippen molar-refractivity contribution >= 4 is 5.97 Å². The number of hydrogen-bond acceptors (Lipinski definition) is 2. The first kappa shape index (κ1) is 12.1. The second-order valence-corrected chi connectivity index (χ2v) is 5.30. The molecule has 1 fully saturated rings. The zero-order valence-electron chi connectivity index (χ0n) is 10.4. The first-order valence-electron chi connectivity index (χ1n) is 6.07. The van der Waals surface area contributed by atoms with Gasteiger partial charge in [-0.25, -0.2) is 4.79 Å². The van der Waals surface area contributed by atoms with Gasteiger partial charge in [0.15, 0.2) is 0 Å². The lowest BCUT2D eigenvalue weighted by Crippen LogP contribution is -2.37. The molecule has 1 saturated heterocycles. The minimum atomic E-state index is -0.836. The maximum atomic E-state index is 11.1. The van der Waals surface area contributed by atoms with Gasteiger partial charge in [-0.1, -0.05) is 18.2 Å². The number of aromatic carboxylic acids is 1. The SMILES string of the molecule is CC1(C)CCCN1Cc1ccccc1C(=O)O. The minimum absolute atomic E-state index is 0.186. The van der Waals surface area contributed by atoms with Crippen molar-refractivity contribution in [2.45, 2.75) is 38.8 Å². The van der Waals surface area contributed by atoms with Crippen LogP contribution in [-0.2, 0) is 6.54 Å². The molecule has 0 unspecified atom stereocenters. The number of carboxylic acid groups (broad SMARTS) is 1. The highest BCUT2D eigenvalue weighted by atomic mass is 16.4. The molecule has 0 bridgehead atoms. The van der Waals surface area contributed by atoms with E-state index < -0.39 is 5.97 Å². The molecule has 1 N–H and O–H groups in total. The summed E-state index contributed by atoms with van der Waals surface area (Å²) in [5.41, 5.74) is 1.52. The van der Waals surface area contributed by atoms with Gasteiger partial charge in [0.05, 0.1) is 5.56 Å². The van der Waals surface area contributed by atoms with E-state index in [1.807, 2.05) is 12.1 Å². The highest BCUT2D eigenvalue weighted by molar-refractivity contribution is 5.89. The Morgan fingerprint density at radius 1 is 1.41 bits per heavy atom. The zero-order valence-corrected chi connectivity index (χ0v) is 10.4. The van der Waals surface area contributed by atoms with Gasteiger partial charge in [0.25, 0.3) is 0 Å². The first-order valence-corrected chi connectivity index (χ1v) is 6.07. The molecule has 3 heteroatoms. The van der Waals surface area contributed by atoms with E-state index in [2.05, 4.69) is 18.7 Å². The highest BCUT2D eigenvalue weighted by Crippen LogP contribution is 2.30. The third-order valence-corrected chi connectivity index (χ3v) is 3.68. The summed E-state index contributed by atoms with van der Waals surface area (Å²) in [7, 11) is 0. The summed E-state index contributed by atoms with van der Waals surface area (Å²) in [6.45, 7) is 6.24. The molecule has 1 aliphatic rings. The molecule has 2 rings (SSSR count). The third kappa shape index (κ3) is 2.50. The van der Waals surface area contributed by atoms with Crippen LogP contribution in [0.25, 0.3) is 0 Å². The maximum absolute atomic E-state index is 11.1. The fraction of sp³-hybridized carbons (Fsp3) is 0.500. The Hall–Kier alpha value is -1.35. The molecule has 0 aliphatic carbocycles. The summed E-state index contributed by atoms with van der Waals surface area (Å²) in [5.74, 6) is -0.836. The van der Waals surface area contributed by atoms with Crippen LogP contribution in [0.4, 0.5) is 0 Å². The van der Waals surface area contributed by atoms with Crippen molar-refractivity contribution < 1.29 is 9.90 Å². The van der Waals surface area contributed by atoms with Gasteiger partial charge in [0, 0.05) is 12.1 Å². The van der Waals surface area contributed by atoms with Crippen LogP contribution >= 0.6 is 0 Å². The van der Waals surface area contributed by atoms with Crippen LogP contribution in [0.3, 0.4) is 0 Å². The minimum Gasteiger partial charge on any atom is -0.478 e. The van der Waals surface area contributed by atoms with Gasteiger partial charge in [-0.05, 0) is 44.9 Å². The zero-order chi connectivity index (χ0) is 12.5. The lowest BCUT2D eigenvalue weighted by atomic mass is 10.0. The van der Waals surface area contributed by atoms with Crippen molar-refractivity contribution in [1.29, 1.82) is 0 Å². The van der Waals surface area contributed by atoms with E-state index in [-0.39, 0.29) is 5.54 Å². The van der Waals surface area contributed by atoms with Crippen LogP contribution in [-0.4, -0.2) is 28.1 Å². The molecule has 0 atom stereocenters. The van der Waals surface area contributed by atoms with Crippen LogP contribution < -0.4 is 0 Å². The van der Waals surface area contributed by atoms with Crippen molar-refractivity contribution in [3.05, 3.63) is 35.4 Å². The summed E-state index contributed by atoms with van der Waals surface area (Å²) < 4.78 is 0. The van der Waals surface area contributed by atoms with Gasteiger partial charge in [0.1, 0.15) is 0 Å². The van der Waals surface area contributed by atoms with E-state index >= 15 is 0 Å². The number of likely N-dealkylation sites (tertiary alicyclic amines) is 1. The monoisotopic (exact) mass is 233 g/mol. The van der Waals surface area contributed by atoms with Crippen LogP contribution in [0.2, 0.25) is 0 Å². The number of hydrogen-bond donors (Lipinski definition) is 1. The number of carbonyl (C=O) groups is 1. The van der Waals surface area contributed by atoms with E-state index in [1.165, 1.54) is 12.8 Å². The lowest BCUT2D eigenvalue weighted by Gasteiger charge is -2.31. The molecule has 0 spiro atoms. The molecule has 3 nitrogen and oxygen atoms in total. The number of rotatable bonds is 3. The molecule has 17 heavy (non-hydrogen) atoms. The normalized spacial score (nSPS) is 19.4. The van der Waals surface area contributed by atoms with E-state index in [9.17, 15) is 4.79 Å². The molecular formula is C14H19NO2. The van der Waals surface area contributed by atoms with Gasteiger partial charge < -0.3 is 5.11 Å². The molecule has 1 aromatic rings. The molecule has 0 aromatic heterocycles. The second-order valence-electron chi connectivity index (χ2n) is 5.30. The molecule has 1 heterocycles. The molecule has 0 amide bonds. The Balaban J connectivity index is 2.21. The Bertz CT molecular complexity index is 426. The summed E-state index contributed by atoms with van der Waals surface area (Å²) in [6, 6.07) is 7.28. The lowest BCUT2D eigenvalue weighted by molar-refractivity contribution is 0.0692. The predicted octanol–water partition coefficient (Wildman–Crippen LogP) is 2.76.